The molecule has 1 saturated heterocycles. The Kier molecular flexibility index (Phi) is 7.44. The molecule has 1 amide bonds. The summed E-state index contributed by atoms with van der Waals surface area (Å²) >= 11 is 0. The van der Waals surface area contributed by atoms with Crippen molar-refractivity contribution in [3.8, 4) is 0 Å². The van der Waals surface area contributed by atoms with Gasteiger partial charge < -0.3 is 14.5 Å². The number of rotatable bonds is 8. The highest BCUT2D eigenvalue weighted by molar-refractivity contribution is 6.42. The van der Waals surface area contributed by atoms with Gasteiger partial charge in [-0.05, 0) is 44.7 Å². The summed E-state index contributed by atoms with van der Waals surface area (Å²) in [7, 11) is 0. The molecule has 2 heterocycles. The van der Waals surface area contributed by atoms with Crippen LogP contribution in [0.2, 0.25) is 0 Å². The zero-order chi connectivity index (χ0) is 22.4. The number of likely N-dealkylation sites (tertiary alicyclic amines) is 1. The van der Waals surface area contributed by atoms with Crippen LogP contribution in [0.1, 0.15) is 50.8 Å². The van der Waals surface area contributed by atoms with Gasteiger partial charge in [-0.2, -0.15) is 5.10 Å². The standard InChI is InChI=1S/C23H31N5O3/c1-4-31-22(29)14-16(2)25-26-21(27-11-7-12-27)15-20(24)23(30)28-13-10-18-8-5-6-9-19(18)17(28)3/h5-6,8-9,15,17,24,26H,4,7,10-14H2,1-3H3/b21-15+,24-20?,25-16?/t17-/m1/s1. The van der Waals surface area contributed by atoms with Crippen LogP contribution in [0.5, 0.6) is 0 Å². The minimum absolute atomic E-state index is 0.0727. The third-order valence-electron chi connectivity index (χ3n) is 5.63. The molecular weight excluding hydrogens is 394 g/mol. The molecular formula is C23H31N5O3. The van der Waals surface area contributed by atoms with Gasteiger partial charge in [0.15, 0.2) is 0 Å². The Hall–Kier alpha value is -3.16. The summed E-state index contributed by atoms with van der Waals surface area (Å²) in [5.74, 6) is -0.0331. The van der Waals surface area contributed by atoms with E-state index >= 15 is 0 Å². The highest BCUT2D eigenvalue weighted by Gasteiger charge is 2.29. The Labute approximate surface area is 183 Å². The Morgan fingerprint density at radius 3 is 2.71 bits per heavy atom. The van der Waals surface area contributed by atoms with Crippen LogP contribution in [0.25, 0.3) is 0 Å². The summed E-state index contributed by atoms with van der Waals surface area (Å²) in [5.41, 5.74) is 5.83. The molecule has 8 heteroatoms. The van der Waals surface area contributed by atoms with Crippen molar-refractivity contribution in [1.82, 2.24) is 15.2 Å². The topological polar surface area (TPSA) is 98.1 Å². The van der Waals surface area contributed by atoms with E-state index in [1.54, 1.807) is 18.7 Å². The fourth-order valence-electron chi connectivity index (χ4n) is 3.77. The lowest BCUT2D eigenvalue weighted by Gasteiger charge is -2.36. The van der Waals surface area contributed by atoms with Crippen molar-refractivity contribution >= 4 is 23.3 Å². The number of benzene rings is 1. The second-order valence-corrected chi connectivity index (χ2v) is 7.85. The van der Waals surface area contributed by atoms with Gasteiger partial charge in [-0.3, -0.25) is 20.4 Å². The highest BCUT2D eigenvalue weighted by atomic mass is 16.5. The van der Waals surface area contributed by atoms with Gasteiger partial charge in [0.2, 0.25) is 0 Å². The number of hydrogen-bond acceptors (Lipinski definition) is 7. The first-order chi connectivity index (χ1) is 14.9. The molecule has 2 aliphatic heterocycles. The summed E-state index contributed by atoms with van der Waals surface area (Å²) in [6, 6.07) is 8.07. The second kappa shape index (κ2) is 10.2. The van der Waals surface area contributed by atoms with E-state index in [1.807, 2.05) is 30.0 Å². The van der Waals surface area contributed by atoms with E-state index in [0.717, 1.165) is 31.5 Å². The summed E-state index contributed by atoms with van der Waals surface area (Å²) < 4.78 is 4.94. The highest BCUT2D eigenvalue weighted by Crippen LogP contribution is 2.29. The number of carbonyl (C=O) groups is 2. The molecule has 31 heavy (non-hydrogen) atoms. The molecule has 1 atom stereocenters. The van der Waals surface area contributed by atoms with Crippen LogP contribution in [0.3, 0.4) is 0 Å². The normalized spacial score (nSPS) is 18.7. The van der Waals surface area contributed by atoms with E-state index in [-0.39, 0.29) is 30.1 Å². The number of hydrazone groups is 1. The van der Waals surface area contributed by atoms with Gasteiger partial charge in [0.25, 0.3) is 5.91 Å². The van der Waals surface area contributed by atoms with Gasteiger partial charge in [0.1, 0.15) is 11.5 Å². The van der Waals surface area contributed by atoms with Crippen molar-refractivity contribution in [2.24, 2.45) is 5.10 Å². The van der Waals surface area contributed by atoms with Crippen LogP contribution in [-0.4, -0.2) is 59.3 Å². The molecule has 1 aromatic rings. The molecule has 0 radical (unpaired) electrons. The smallest absolute Gasteiger partial charge is 0.311 e. The van der Waals surface area contributed by atoms with E-state index in [4.69, 9.17) is 10.1 Å². The number of fused-ring (bicyclic) bond motifs is 1. The average Bonchev–Trinajstić information content (AvgIpc) is 2.70. The minimum atomic E-state index is -0.331. The molecule has 3 rings (SSSR count). The molecule has 2 N–H and O–H groups in total. The van der Waals surface area contributed by atoms with Crippen molar-refractivity contribution in [2.45, 2.75) is 46.1 Å². The van der Waals surface area contributed by atoms with Crippen molar-refractivity contribution < 1.29 is 14.3 Å². The first-order valence-corrected chi connectivity index (χ1v) is 10.8. The molecule has 166 valence electrons. The molecule has 0 spiro atoms. The molecule has 0 saturated carbocycles. The number of nitrogens with zero attached hydrogens (tertiary/aromatic N) is 3. The number of nitrogens with one attached hydrogen (secondary N) is 2. The lowest BCUT2D eigenvalue weighted by Crippen LogP contribution is -2.44. The van der Waals surface area contributed by atoms with Crippen LogP contribution >= 0.6 is 0 Å². The molecule has 0 bridgehead atoms. The molecule has 8 nitrogen and oxygen atoms in total. The average molecular weight is 426 g/mol. The maximum absolute atomic E-state index is 13.1. The van der Waals surface area contributed by atoms with E-state index in [2.05, 4.69) is 16.6 Å². The Bertz CT molecular complexity index is 904. The molecule has 1 fully saturated rings. The fourth-order valence-corrected chi connectivity index (χ4v) is 3.77. The molecule has 1 aromatic carbocycles. The number of ether oxygens (including phenoxy) is 1. The van der Waals surface area contributed by atoms with Gasteiger partial charge in [-0.1, -0.05) is 24.3 Å². The minimum Gasteiger partial charge on any atom is -0.466 e. The van der Waals surface area contributed by atoms with E-state index < -0.39 is 0 Å². The second-order valence-electron chi connectivity index (χ2n) is 7.85. The van der Waals surface area contributed by atoms with Crippen LogP contribution in [0, 0.1) is 5.41 Å². The van der Waals surface area contributed by atoms with Crippen molar-refractivity contribution in [3.05, 3.63) is 47.3 Å². The number of esters is 1. The monoisotopic (exact) mass is 425 g/mol. The lowest BCUT2D eigenvalue weighted by atomic mass is 9.93. The van der Waals surface area contributed by atoms with E-state index in [1.165, 1.54) is 11.6 Å². The van der Waals surface area contributed by atoms with E-state index in [9.17, 15) is 9.59 Å². The summed E-state index contributed by atoms with van der Waals surface area (Å²) in [6.07, 6.45) is 3.47. The van der Waals surface area contributed by atoms with Gasteiger partial charge in [0, 0.05) is 31.4 Å². The van der Waals surface area contributed by atoms with Crippen molar-refractivity contribution in [1.29, 1.82) is 5.41 Å². The van der Waals surface area contributed by atoms with Crippen molar-refractivity contribution in [3.63, 3.8) is 0 Å². The maximum Gasteiger partial charge on any atom is 0.311 e. The first-order valence-electron chi connectivity index (χ1n) is 10.8. The van der Waals surface area contributed by atoms with Crippen LogP contribution in [-0.2, 0) is 20.7 Å². The zero-order valence-corrected chi connectivity index (χ0v) is 18.5. The predicted molar refractivity (Wildman–Crippen MR) is 120 cm³/mol. The lowest BCUT2D eigenvalue weighted by molar-refractivity contribution is -0.141. The third kappa shape index (κ3) is 5.51. The van der Waals surface area contributed by atoms with E-state index in [0.29, 0.717) is 24.7 Å². The zero-order valence-electron chi connectivity index (χ0n) is 18.5. The fraction of sp³-hybridized carbons (Fsp3) is 0.478. The van der Waals surface area contributed by atoms with Crippen LogP contribution < -0.4 is 5.43 Å². The molecule has 0 unspecified atom stereocenters. The summed E-state index contributed by atoms with van der Waals surface area (Å²) in [5, 5.41) is 12.7. The number of hydrogen-bond donors (Lipinski definition) is 2. The first kappa shape index (κ1) is 22.5. The van der Waals surface area contributed by atoms with Crippen molar-refractivity contribution in [2.75, 3.05) is 26.2 Å². The molecule has 0 aromatic heterocycles. The Balaban J connectivity index is 1.69. The summed E-state index contributed by atoms with van der Waals surface area (Å²) in [6.45, 7) is 8.09. The Morgan fingerprint density at radius 2 is 2.03 bits per heavy atom. The van der Waals surface area contributed by atoms with Crippen LogP contribution in [0.15, 0.2) is 41.3 Å². The molecule has 0 aliphatic carbocycles. The predicted octanol–water partition coefficient (Wildman–Crippen LogP) is 2.62. The Morgan fingerprint density at radius 1 is 1.29 bits per heavy atom. The van der Waals surface area contributed by atoms with Crippen LogP contribution in [0.4, 0.5) is 0 Å². The SMILES string of the molecule is CCOC(=O)CC(C)=NN/C(=C\C(=N)C(=O)N1CCc2ccccc2[C@H]1C)N1CCC1. The van der Waals surface area contributed by atoms with Gasteiger partial charge in [-0.25, -0.2) is 0 Å². The quantitative estimate of drug-likeness (QED) is 0.379. The summed E-state index contributed by atoms with van der Waals surface area (Å²) in [4.78, 5) is 28.5. The van der Waals surface area contributed by atoms with Gasteiger partial charge in [-0.15, -0.1) is 0 Å². The van der Waals surface area contributed by atoms with Gasteiger partial charge >= 0.3 is 5.97 Å². The maximum atomic E-state index is 13.1. The number of amides is 1. The number of carbonyl (C=O) groups excluding carboxylic acids is 2. The largest absolute Gasteiger partial charge is 0.466 e. The third-order valence-corrected chi connectivity index (χ3v) is 5.63. The van der Waals surface area contributed by atoms with Gasteiger partial charge in [0.05, 0.1) is 19.1 Å². The molecule has 2 aliphatic rings.